The van der Waals surface area contributed by atoms with E-state index in [4.69, 9.17) is 16.7 Å². The molecule has 1 N–H and O–H groups in total. The first-order valence-corrected chi connectivity index (χ1v) is 6.73. The van der Waals surface area contributed by atoms with Crippen molar-refractivity contribution in [3.63, 3.8) is 0 Å². The second kappa shape index (κ2) is 4.90. The van der Waals surface area contributed by atoms with Crippen LogP contribution in [0.3, 0.4) is 0 Å². The zero-order valence-corrected chi connectivity index (χ0v) is 11.7. The van der Waals surface area contributed by atoms with E-state index in [-0.39, 0.29) is 21.3 Å². The minimum Gasteiger partial charge on any atom is -0.477 e. The van der Waals surface area contributed by atoms with Gasteiger partial charge in [0.1, 0.15) is 10.7 Å². The van der Waals surface area contributed by atoms with E-state index in [0.29, 0.717) is 11.3 Å². The van der Waals surface area contributed by atoms with Crippen molar-refractivity contribution < 1.29 is 14.3 Å². The first-order valence-electron chi connectivity index (χ1n) is 5.54. The van der Waals surface area contributed by atoms with Crippen LogP contribution < -0.4 is 5.43 Å². The standard InChI is InChI=1S/C12H5ClFN3O3S/c13-7-2-1-5-9(18)6(11(19)20)4-17(10(5)16-7)12-15-3-8(14)21-12/h1-4H,(H,19,20). The fourth-order valence-corrected chi connectivity index (χ4v) is 2.60. The van der Waals surface area contributed by atoms with Crippen molar-refractivity contribution >= 4 is 39.9 Å². The van der Waals surface area contributed by atoms with E-state index in [1.165, 1.54) is 16.7 Å². The molecular formula is C12H5ClFN3O3S. The molecule has 0 saturated carbocycles. The Balaban J connectivity index is 2.46. The van der Waals surface area contributed by atoms with Crippen molar-refractivity contribution in [1.29, 1.82) is 0 Å². The molecular weight excluding hydrogens is 321 g/mol. The molecule has 0 aliphatic rings. The fraction of sp³-hybridized carbons (Fsp3) is 0. The Morgan fingerprint density at radius 2 is 2.19 bits per heavy atom. The third-order valence-electron chi connectivity index (χ3n) is 2.72. The molecule has 3 rings (SSSR count). The van der Waals surface area contributed by atoms with Gasteiger partial charge < -0.3 is 5.11 Å². The van der Waals surface area contributed by atoms with Crippen molar-refractivity contribution in [2.24, 2.45) is 0 Å². The number of nitrogens with zero attached hydrogens (tertiary/aromatic N) is 3. The van der Waals surface area contributed by atoms with Crippen LogP contribution in [0.5, 0.6) is 0 Å². The fourth-order valence-electron chi connectivity index (χ4n) is 1.84. The summed E-state index contributed by atoms with van der Waals surface area (Å²) in [6.45, 7) is 0. The zero-order chi connectivity index (χ0) is 15.1. The highest BCUT2D eigenvalue weighted by Crippen LogP contribution is 2.21. The number of hydrogen-bond donors (Lipinski definition) is 1. The van der Waals surface area contributed by atoms with Gasteiger partial charge in [-0.05, 0) is 12.1 Å². The van der Waals surface area contributed by atoms with Crippen molar-refractivity contribution in [1.82, 2.24) is 14.5 Å². The highest BCUT2D eigenvalue weighted by molar-refractivity contribution is 7.12. The van der Waals surface area contributed by atoms with E-state index in [9.17, 15) is 14.0 Å². The second-order valence-corrected chi connectivity index (χ2v) is 5.35. The Labute approximate surface area is 125 Å². The number of rotatable bonds is 2. The Morgan fingerprint density at radius 1 is 1.43 bits per heavy atom. The van der Waals surface area contributed by atoms with Gasteiger partial charge in [-0.3, -0.25) is 9.36 Å². The van der Waals surface area contributed by atoms with Crippen LogP contribution in [0.1, 0.15) is 10.4 Å². The summed E-state index contributed by atoms with van der Waals surface area (Å²) in [6.07, 6.45) is 2.06. The van der Waals surface area contributed by atoms with Gasteiger partial charge in [0.25, 0.3) is 0 Å². The van der Waals surface area contributed by atoms with Crippen LogP contribution >= 0.6 is 22.9 Å². The van der Waals surface area contributed by atoms with Gasteiger partial charge in [-0.2, -0.15) is 4.39 Å². The number of pyridine rings is 2. The van der Waals surface area contributed by atoms with Crippen molar-refractivity contribution in [2.45, 2.75) is 0 Å². The van der Waals surface area contributed by atoms with Gasteiger partial charge in [0.05, 0.1) is 11.6 Å². The van der Waals surface area contributed by atoms with Gasteiger partial charge in [-0.15, -0.1) is 0 Å². The lowest BCUT2D eigenvalue weighted by Gasteiger charge is -2.08. The molecule has 9 heteroatoms. The molecule has 3 heterocycles. The maximum Gasteiger partial charge on any atom is 0.341 e. The van der Waals surface area contributed by atoms with Gasteiger partial charge in [-0.1, -0.05) is 22.9 Å². The first kappa shape index (κ1) is 13.7. The highest BCUT2D eigenvalue weighted by atomic mass is 35.5. The van der Waals surface area contributed by atoms with E-state index in [0.717, 1.165) is 12.4 Å². The molecule has 21 heavy (non-hydrogen) atoms. The Morgan fingerprint density at radius 3 is 2.81 bits per heavy atom. The summed E-state index contributed by atoms with van der Waals surface area (Å²) in [5.41, 5.74) is -1.02. The van der Waals surface area contributed by atoms with Crippen LogP contribution in [0, 0.1) is 5.13 Å². The van der Waals surface area contributed by atoms with Crippen molar-refractivity contribution in [3.05, 3.63) is 50.6 Å². The predicted molar refractivity (Wildman–Crippen MR) is 74.9 cm³/mol. The number of thiazole rings is 1. The lowest BCUT2D eigenvalue weighted by Crippen LogP contribution is -2.19. The van der Waals surface area contributed by atoms with Crippen LogP contribution in [-0.2, 0) is 0 Å². The molecule has 0 fully saturated rings. The summed E-state index contributed by atoms with van der Waals surface area (Å²) < 4.78 is 14.4. The first-order chi connectivity index (χ1) is 9.97. The molecule has 0 radical (unpaired) electrons. The summed E-state index contributed by atoms with van der Waals surface area (Å²) in [7, 11) is 0. The van der Waals surface area contributed by atoms with E-state index in [1.54, 1.807) is 0 Å². The Kier molecular flexibility index (Phi) is 3.19. The summed E-state index contributed by atoms with van der Waals surface area (Å²) in [5.74, 6) is -1.39. The number of hydrogen-bond acceptors (Lipinski definition) is 5. The lowest BCUT2D eigenvalue weighted by atomic mass is 10.2. The van der Waals surface area contributed by atoms with Crippen LogP contribution in [0.25, 0.3) is 16.2 Å². The molecule has 0 aliphatic carbocycles. The van der Waals surface area contributed by atoms with Crippen LogP contribution in [-0.4, -0.2) is 25.6 Å². The number of carboxylic acids is 1. The molecule has 0 atom stereocenters. The molecule has 3 aromatic heterocycles. The van der Waals surface area contributed by atoms with Crippen LogP contribution in [0.15, 0.2) is 29.3 Å². The number of fused-ring (bicyclic) bond motifs is 1. The third-order valence-corrected chi connectivity index (χ3v) is 3.71. The monoisotopic (exact) mass is 325 g/mol. The number of aromatic carboxylic acids is 1. The summed E-state index contributed by atoms with van der Waals surface area (Å²) in [6, 6.07) is 2.75. The topological polar surface area (TPSA) is 85.1 Å². The maximum atomic E-state index is 13.1. The molecule has 0 unspecified atom stereocenters. The smallest absolute Gasteiger partial charge is 0.341 e. The Bertz CT molecular complexity index is 937. The largest absolute Gasteiger partial charge is 0.477 e. The Hall–Kier alpha value is -2.32. The third kappa shape index (κ3) is 2.28. The normalized spacial score (nSPS) is 11.0. The summed E-state index contributed by atoms with van der Waals surface area (Å²) in [4.78, 5) is 31.1. The average molecular weight is 326 g/mol. The predicted octanol–water partition coefficient (Wildman–Crippen LogP) is 2.33. The van der Waals surface area contributed by atoms with Crippen molar-refractivity contribution in [3.8, 4) is 5.13 Å². The van der Waals surface area contributed by atoms with Crippen LogP contribution in [0.2, 0.25) is 5.15 Å². The summed E-state index contributed by atoms with van der Waals surface area (Å²) in [5, 5.41) is 8.89. The van der Waals surface area contributed by atoms with E-state index >= 15 is 0 Å². The second-order valence-electron chi connectivity index (χ2n) is 4.00. The van der Waals surface area contributed by atoms with E-state index < -0.39 is 22.1 Å². The number of halogens is 2. The molecule has 106 valence electrons. The number of carbonyl (C=O) groups is 1. The lowest BCUT2D eigenvalue weighted by molar-refractivity contribution is 0.0695. The molecule has 3 aromatic rings. The highest BCUT2D eigenvalue weighted by Gasteiger charge is 2.18. The van der Waals surface area contributed by atoms with Gasteiger partial charge in [-0.25, -0.2) is 14.8 Å². The molecule has 0 spiro atoms. The van der Waals surface area contributed by atoms with Gasteiger partial charge in [0.15, 0.2) is 15.9 Å². The van der Waals surface area contributed by atoms with Gasteiger partial charge in [0, 0.05) is 6.20 Å². The van der Waals surface area contributed by atoms with Crippen molar-refractivity contribution in [2.75, 3.05) is 0 Å². The quantitative estimate of drug-likeness (QED) is 0.731. The molecule has 0 aliphatic heterocycles. The average Bonchev–Trinajstić information content (AvgIpc) is 2.85. The molecule has 0 amide bonds. The maximum absolute atomic E-state index is 13.1. The van der Waals surface area contributed by atoms with Gasteiger partial charge >= 0.3 is 5.97 Å². The SMILES string of the molecule is O=C(O)c1cn(-c2ncc(F)s2)c2nc(Cl)ccc2c1=O. The number of aromatic nitrogens is 3. The zero-order valence-electron chi connectivity index (χ0n) is 10.1. The van der Waals surface area contributed by atoms with Crippen LogP contribution in [0.4, 0.5) is 4.39 Å². The molecule has 0 aromatic carbocycles. The minimum atomic E-state index is -1.39. The molecule has 0 bridgehead atoms. The number of carboxylic acid groups (broad SMARTS) is 1. The minimum absolute atomic E-state index is 0.0647. The summed E-state index contributed by atoms with van der Waals surface area (Å²) >= 11 is 6.50. The van der Waals surface area contributed by atoms with E-state index in [1.807, 2.05) is 0 Å². The van der Waals surface area contributed by atoms with Gasteiger partial charge in [0.2, 0.25) is 5.43 Å². The molecule has 6 nitrogen and oxygen atoms in total. The molecule has 0 saturated heterocycles. The van der Waals surface area contributed by atoms with E-state index in [2.05, 4.69) is 9.97 Å².